The number of carbonyl (C=O) groups is 1. The van der Waals surface area contributed by atoms with Gasteiger partial charge in [0.1, 0.15) is 5.82 Å². The predicted molar refractivity (Wildman–Crippen MR) is 64.0 cm³/mol. The highest BCUT2D eigenvalue weighted by Crippen LogP contribution is 2.24. The zero-order chi connectivity index (χ0) is 13.1. The van der Waals surface area contributed by atoms with E-state index in [1.807, 2.05) is 11.0 Å². The van der Waals surface area contributed by atoms with E-state index in [1.165, 1.54) is 19.1 Å². The molecule has 1 aromatic carbocycles. The van der Waals surface area contributed by atoms with Gasteiger partial charge in [-0.25, -0.2) is 4.39 Å². The van der Waals surface area contributed by atoms with Gasteiger partial charge >= 0.3 is 0 Å². The van der Waals surface area contributed by atoms with Crippen LogP contribution in [-0.2, 0) is 4.74 Å². The molecule has 4 nitrogen and oxygen atoms in total. The van der Waals surface area contributed by atoms with Crippen molar-refractivity contribution >= 4 is 11.5 Å². The lowest BCUT2D eigenvalue weighted by Gasteiger charge is -2.32. The van der Waals surface area contributed by atoms with Crippen LogP contribution in [0, 0.1) is 17.1 Å². The number of anilines is 1. The molecule has 0 bridgehead atoms. The fourth-order valence-electron chi connectivity index (χ4n) is 2.01. The van der Waals surface area contributed by atoms with Crippen molar-refractivity contribution in [2.45, 2.75) is 13.0 Å². The van der Waals surface area contributed by atoms with E-state index in [0.29, 0.717) is 30.9 Å². The molecule has 0 spiro atoms. The van der Waals surface area contributed by atoms with E-state index in [-0.39, 0.29) is 5.78 Å². The Kier molecular flexibility index (Phi) is 3.58. The molecule has 0 aromatic heterocycles. The van der Waals surface area contributed by atoms with Crippen molar-refractivity contribution in [3.05, 3.63) is 29.6 Å². The molecule has 1 aliphatic rings. The summed E-state index contributed by atoms with van der Waals surface area (Å²) in [6, 6.07) is 6.16. The van der Waals surface area contributed by atoms with Crippen LogP contribution >= 0.6 is 0 Å². The van der Waals surface area contributed by atoms with Gasteiger partial charge in [-0.1, -0.05) is 0 Å². The van der Waals surface area contributed by atoms with Crippen molar-refractivity contribution in [1.82, 2.24) is 0 Å². The van der Waals surface area contributed by atoms with E-state index in [2.05, 4.69) is 0 Å². The minimum absolute atomic E-state index is 0.190. The van der Waals surface area contributed by atoms with Gasteiger partial charge in [0.15, 0.2) is 11.9 Å². The van der Waals surface area contributed by atoms with Crippen molar-refractivity contribution in [2.75, 3.05) is 24.6 Å². The summed E-state index contributed by atoms with van der Waals surface area (Å²) in [6.45, 7) is 2.81. The summed E-state index contributed by atoms with van der Waals surface area (Å²) in [7, 11) is 0. The highest BCUT2D eigenvalue weighted by Gasteiger charge is 2.23. The molecule has 0 saturated carbocycles. The van der Waals surface area contributed by atoms with Crippen LogP contribution in [0.25, 0.3) is 0 Å². The first kappa shape index (κ1) is 12.5. The second-order valence-electron chi connectivity index (χ2n) is 4.15. The maximum Gasteiger partial charge on any atom is 0.161 e. The lowest BCUT2D eigenvalue weighted by atomic mass is 10.1. The fourth-order valence-corrected chi connectivity index (χ4v) is 2.01. The number of Topliss-reactive ketones (excluding diaryl/α,β-unsaturated/α-hetero) is 1. The summed E-state index contributed by atoms with van der Waals surface area (Å²) in [5.41, 5.74) is 1.00. The summed E-state index contributed by atoms with van der Waals surface area (Å²) in [5, 5.41) is 8.85. The van der Waals surface area contributed by atoms with Gasteiger partial charge in [-0.2, -0.15) is 5.26 Å². The van der Waals surface area contributed by atoms with Gasteiger partial charge in [-0.05, 0) is 25.1 Å². The summed E-state index contributed by atoms with van der Waals surface area (Å²) in [6.07, 6.45) is -0.511. The fraction of sp³-hybridized carbons (Fsp3) is 0.385. The van der Waals surface area contributed by atoms with Crippen molar-refractivity contribution in [1.29, 1.82) is 5.26 Å². The number of nitriles is 1. The van der Waals surface area contributed by atoms with Crippen LogP contribution in [0.4, 0.5) is 10.1 Å². The SMILES string of the molecule is CC(=O)c1cc(F)ccc1N1CCOC(C#N)C1. The first-order chi connectivity index (χ1) is 8.61. The average Bonchev–Trinajstić information content (AvgIpc) is 2.38. The monoisotopic (exact) mass is 248 g/mol. The number of ether oxygens (including phenoxy) is 1. The number of benzene rings is 1. The third-order valence-corrected chi connectivity index (χ3v) is 2.89. The van der Waals surface area contributed by atoms with E-state index in [1.54, 1.807) is 6.07 Å². The Bertz CT molecular complexity index is 510. The number of hydrogen-bond acceptors (Lipinski definition) is 4. The Balaban J connectivity index is 2.33. The Labute approximate surface area is 105 Å². The summed E-state index contributed by atoms with van der Waals surface area (Å²) in [5.74, 6) is -0.626. The van der Waals surface area contributed by atoms with Crippen molar-refractivity contribution in [3.8, 4) is 6.07 Å². The number of hydrogen-bond donors (Lipinski definition) is 0. The molecular weight excluding hydrogens is 235 g/mol. The molecule has 94 valence electrons. The van der Waals surface area contributed by atoms with Crippen molar-refractivity contribution < 1.29 is 13.9 Å². The zero-order valence-corrected chi connectivity index (χ0v) is 10.0. The second-order valence-corrected chi connectivity index (χ2v) is 4.15. The molecule has 2 rings (SSSR count). The van der Waals surface area contributed by atoms with Crippen molar-refractivity contribution in [2.24, 2.45) is 0 Å². The van der Waals surface area contributed by atoms with Crippen LogP contribution in [0.5, 0.6) is 0 Å². The molecule has 1 unspecified atom stereocenters. The lowest BCUT2D eigenvalue weighted by Crippen LogP contribution is -2.42. The number of ketones is 1. The largest absolute Gasteiger partial charge is 0.365 e. The average molecular weight is 248 g/mol. The van der Waals surface area contributed by atoms with E-state index in [0.717, 1.165) is 0 Å². The van der Waals surface area contributed by atoms with E-state index in [9.17, 15) is 9.18 Å². The van der Waals surface area contributed by atoms with Crippen LogP contribution in [0.3, 0.4) is 0 Å². The Morgan fingerprint density at radius 2 is 2.39 bits per heavy atom. The molecule has 5 heteroatoms. The molecule has 1 heterocycles. The topological polar surface area (TPSA) is 53.3 Å². The predicted octanol–water partition coefficient (Wildman–Crippen LogP) is 1.76. The molecule has 0 N–H and O–H groups in total. The van der Waals surface area contributed by atoms with Crippen LogP contribution in [0.2, 0.25) is 0 Å². The molecule has 18 heavy (non-hydrogen) atoms. The molecule has 0 radical (unpaired) electrons. The minimum Gasteiger partial charge on any atom is -0.365 e. The number of halogens is 1. The summed E-state index contributed by atoms with van der Waals surface area (Å²) < 4.78 is 18.4. The number of rotatable bonds is 2. The van der Waals surface area contributed by atoms with Gasteiger partial charge in [0.2, 0.25) is 0 Å². The van der Waals surface area contributed by atoms with Crippen LogP contribution in [-0.4, -0.2) is 31.6 Å². The van der Waals surface area contributed by atoms with Gasteiger partial charge in [0.05, 0.1) is 19.2 Å². The number of morpholine rings is 1. The Morgan fingerprint density at radius 1 is 1.61 bits per heavy atom. The molecule has 0 aliphatic carbocycles. The highest BCUT2D eigenvalue weighted by atomic mass is 19.1. The van der Waals surface area contributed by atoms with Gasteiger partial charge < -0.3 is 9.64 Å². The maximum absolute atomic E-state index is 13.2. The van der Waals surface area contributed by atoms with Crippen molar-refractivity contribution in [3.63, 3.8) is 0 Å². The second kappa shape index (κ2) is 5.15. The molecule has 1 aromatic rings. The smallest absolute Gasteiger partial charge is 0.161 e. The molecule has 0 amide bonds. The number of nitrogens with zero attached hydrogens (tertiary/aromatic N) is 2. The lowest BCUT2D eigenvalue weighted by molar-refractivity contribution is 0.0762. The number of carbonyl (C=O) groups excluding carboxylic acids is 1. The maximum atomic E-state index is 13.2. The van der Waals surface area contributed by atoms with Gasteiger partial charge in [0.25, 0.3) is 0 Å². The van der Waals surface area contributed by atoms with Gasteiger partial charge in [-0.3, -0.25) is 4.79 Å². The summed E-state index contributed by atoms with van der Waals surface area (Å²) in [4.78, 5) is 13.4. The quantitative estimate of drug-likeness (QED) is 0.748. The molecule has 1 fully saturated rings. The van der Waals surface area contributed by atoms with E-state index < -0.39 is 11.9 Å². The third kappa shape index (κ3) is 2.49. The first-order valence-electron chi connectivity index (χ1n) is 5.68. The van der Waals surface area contributed by atoms with Gasteiger partial charge in [-0.15, -0.1) is 0 Å². The molecular formula is C13H13FN2O2. The molecule has 1 saturated heterocycles. The van der Waals surface area contributed by atoms with Gasteiger partial charge in [0, 0.05) is 17.8 Å². The standard InChI is InChI=1S/C13H13FN2O2/c1-9(17)12-6-10(14)2-3-13(12)16-4-5-18-11(7-15)8-16/h2-3,6,11H,4-5,8H2,1H3. The normalized spacial score (nSPS) is 19.4. The molecule has 1 atom stereocenters. The minimum atomic E-state index is -0.511. The van der Waals surface area contributed by atoms with Crippen LogP contribution < -0.4 is 4.90 Å². The zero-order valence-electron chi connectivity index (χ0n) is 10.0. The third-order valence-electron chi connectivity index (χ3n) is 2.89. The van der Waals surface area contributed by atoms with E-state index in [4.69, 9.17) is 10.00 Å². The molecule has 1 aliphatic heterocycles. The first-order valence-corrected chi connectivity index (χ1v) is 5.68. The summed E-state index contributed by atoms with van der Waals surface area (Å²) >= 11 is 0. The van der Waals surface area contributed by atoms with Crippen LogP contribution in [0.15, 0.2) is 18.2 Å². The van der Waals surface area contributed by atoms with Crippen LogP contribution in [0.1, 0.15) is 17.3 Å². The Morgan fingerprint density at radius 3 is 3.06 bits per heavy atom. The Hall–Kier alpha value is -1.93. The van der Waals surface area contributed by atoms with E-state index >= 15 is 0 Å². The highest BCUT2D eigenvalue weighted by molar-refractivity contribution is 5.99.